The Morgan fingerprint density at radius 3 is 2.60 bits per heavy atom. The minimum absolute atomic E-state index is 0.0677. The zero-order valence-electron chi connectivity index (χ0n) is 6.31. The van der Waals surface area contributed by atoms with Crippen LogP contribution in [-0.4, -0.2) is 18.8 Å². The lowest BCUT2D eigenvalue weighted by Gasteiger charge is -2.38. The van der Waals surface area contributed by atoms with E-state index >= 15 is 0 Å². The lowest BCUT2D eigenvalue weighted by Crippen LogP contribution is -2.50. The van der Waals surface area contributed by atoms with Crippen LogP contribution in [0, 0.1) is 5.92 Å². The molecule has 0 amide bonds. The van der Waals surface area contributed by atoms with Crippen molar-refractivity contribution in [3.63, 3.8) is 0 Å². The molecule has 1 aliphatic carbocycles. The average molecular weight is 141 g/mol. The van der Waals surface area contributed by atoms with Gasteiger partial charge in [0.2, 0.25) is 0 Å². The fraction of sp³-hybridized carbons (Fsp3) is 1.00. The third-order valence-electron chi connectivity index (χ3n) is 3.00. The van der Waals surface area contributed by atoms with E-state index in [9.17, 15) is 0 Å². The van der Waals surface area contributed by atoms with Gasteiger partial charge in [-0.25, -0.2) is 0 Å². The van der Waals surface area contributed by atoms with Gasteiger partial charge in [0, 0.05) is 12.1 Å². The van der Waals surface area contributed by atoms with Crippen LogP contribution in [0.3, 0.4) is 0 Å². The van der Waals surface area contributed by atoms with Crippen molar-refractivity contribution in [1.82, 2.24) is 0 Å². The Kier molecular flexibility index (Phi) is 1.46. The van der Waals surface area contributed by atoms with Gasteiger partial charge in [-0.15, -0.1) is 0 Å². The smallest absolute Gasteiger partial charge is 0.0649 e. The molecule has 1 atom stereocenters. The Bertz CT molecular complexity index is 125. The topological polar surface area (TPSA) is 35.2 Å². The van der Waals surface area contributed by atoms with E-state index < -0.39 is 0 Å². The lowest BCUT2D eigenvalue weighted by atomic mass is 9.71. The van der Waals surface area contributed by atoms with Gasteiger partial charge in [0.1, 0.15) is 0 Å². The van der Waals surface area contributed by atoms with Crippen molar-refractivity contribution in [2.75, 3.05) is 13.2 Å². The number of nitrogens with two attached hydrogens (primary N) is 1. The summed E-state index contributed by atoms with van der Waals surface area (Å²) in [5.74, 6) is 0.773. The molecule has 0 aromatic rings. The summed E-state index contributed by atoms with van der Waals surface area (Å²) >= 11 is 0. The van der Waals surface area contributed by atoms with Gasteiger partial charge in [0.15, 0.2) is 0 Å². The van der Waals surface area contributed by atoms with Gasteiger partial charge in [0.25, 0.3) is 0 Å². The van der Waals surface area contributed by atoms with E-state index in [0.29, 0.717) is 0 Å². The van der Waals surface area contributed by atoms with Crippen LogP contribution >= 0.6 is 0 Å². The highest BCUT2D eigenvalue weighted by Gasteiger charge is 2.41. The summed E-state index contributed by atoms with van der Waals surface area (Å²) < 4.78 is 5.29. The minimum Gasteiger partial charge on any atom is -0.379 e. The maximum absolute atomic E-state index is 6.14. The van der Waals surface area contributed by atoms with E-state index in [2.05, 4.69) is 0 Å². The van der Waals surface area contributed by atoms with Crippen LogP contribution in [0.4, 0.5) is 0 Å². The Balaban J connectivity index is 1.98. The molecule has 2 fully saturated rings. The van der Waals surface area contributed by atoms with Crippen molar-refractivity contribution < 1.29 is 4.74 Å². The summed E-state index contributed by atoms with van der Waals surface area (Å²) in [6.07, 6.45) is 5.13. The number of hydrogen-bond acceptors (Lipinski definition) is 2. The predicted octanol–water partition coefficient (Wildman–Crippen LogP) is 0.904. The summed E-state index contributed by atoms with van der Waals surface area (Å²) in [6.45, 7) is 1.69. The SMILES string of the molecule is NC1(C2CCC2)CCOC1. The Hall–Kier alpha value is -0.0800. The molecule has 0 spiro atoms. The first-order valence-electron chi connectivity index (χ1n) is 4.18. The molecule has 2 aliphatic rings. The molecule has 2 N–H and O–H groups in total. The molecule has 1 saturated carbocycles. The zero-order valence-corrected chi connectivity index (χ0v) is 6.31. The summed E-state index contributed by atoms with van der Waals surface area (Å²) in [5, 5.41) is 0. The molecule has 10 heavy (non-hydrogen) atoms. The van der Waals surface area contributed by atoms with Crippen molar-refractivity contribution in [1.29, 1.82) is 0 Å². The monoisotopic (exact) mass is 141 g/mol. The van der Waals surface area contributed by atoms with Crippen LogP contribution in [0.15, 0.2) is 0 Å². The summed E-state index contributed by atoms with van der Waals surface area (Å²) in [5.41, 5.74) is 6.21. The van der Waals surface area contributed by atoms with Crippen molar-refractivity contribution in [3.8, 4) is 0 Å². The highest BCUT2D eigenvalue weighted by Crippen LogP contribution is 2.38. The van der Waals surface area contributed by atoms with Gasteiger partial charge in [-0.3, -0.25) is 0 Å². The van der Waals surface area contributed by atoms with E-state index in [1.54, 1.807) is 0 Å². The van der Waals surface area contributed by atoms with Gasteiger partial charge in [-0.1, -0.05) is 6.42 Å². The molecule has 2 rings (SSSR count). The second-order valence-electron chi connectivity index (χ2n) is 3.66. The van der Waals surface area contributed by atoms with Crippen LogP contribution in [0.1, 0.15) is 25.7 Å². The average Bonchev–Trinajstić information content (AvgIpc) is 2.09. The summed E-state index contributed by atoms with van der Waals surface area (Å²) in [7, 11) is 0. The van der Waals surface area contributed by atoms with Gasteiger partial charge >= 0.3 is 0 Å². The van der Waals surface area contributed by atoms with Crippen molar-refractivity contribution in [2.24, 2.45) is 11.7 Å². The molecule has 1 saturated heterocycles. The van der Waals surface area contributed by atoms with Gasteiger partial charge in [-0.2, -0.15) is 0 Å². The van der Waals surface area contributed by atoms with E-state index in [4.69, 9.17) is 10.5 Å². The van der Waals surface area contributed by atoms with Gasteiger partial charge in [0.05, 0.1) is 6.61 Å². The van der Waals surface area contributed by atoms with E-state index in [1.165, 1.54) is 19.3 Å². The molecule has 0 radical (unpaired) electrons. The standard InChI is InChI=1S/C8H15NO/c9-8(4-5-10-6-8)7-2-1-3-7/h7H,1-6,9H2. The van der Waals surface area contributed by atoms with E-state index in [-0.39, 0.29) is 5.54 Å². The molecule has 0 aromatic heterocycles. The van der Waals surface area contributed by atoms with E-state index in [0.717, 1.165) is 25.6 Å². The fourth-order valence-electron chi connectivity index (χ4n) is 1.90. The second kappa shape index (κ2) is 2.21. The first kappa shape index (κ1) is 6.62. The Morgan fingerprint density at radius 1 is 1.40 bits per heavy atom. The van der Waals surface area contributed by atoms with Crippen LogP contribution in [-0.2, 0) is 4.74 Å². The second-order valence-corrected chi connectivity index (χ2v) is 3.66. The van der Waals surface area contributed by atoms with Crippen LogP contribution in [0.2, 0.25) is 0 Å². The largest absolute Gasteiger partial charge is 0.379 e. The molecule has 0 bridgehead atoms. The normalized spacial score (nSPS) is 41.7. The van der Waals surface area contributed by atoms with Crippen molar-refractivity contribution in [3.05, 3.63) is 0 Å². The first-order chi connectivity index (χ1) is 4.81. The molecular formula is C8H15NO. The molecule has 58 valence electrons. The quantitative estimate of drug-likeness (QED) is 0.589. The molecule has 1 unspecified atom stereocenters. The van der Waals surface area contributed by atoms with Crippen LogP contribution < -0.4 is 5.73 Å². The van der Waals surface area contributed by atoms with Crippen LogP contribution in [0.5, 0.6) is 0 Å². The van der Waals surface area contributed by atoms with Gasteiger partial charge in [-0.05, 0) is 25.2 Å². The summed E-state index contributed by atoms with van der Waals surface area (Å²) in [4.78, 5) is 0. The molecule has 1 heterocycles. The third-order valence-corrected chi connectivity index (χ3v) is 3.00. The number of rotatable bonds is 1. The van der Waals surface area contributed by atoms with Crippen molar-refractivity contribution >= 4 is 0 Å². The Morgan fingerprint density at radius 2 is 2.20 bits per heavy atom. The zero-order chi connectivity index (χ0) is 7.03. The molecular weight excluding hydrogens is 126 g/mol. The Labute approximate surface area is 61.7 Å². The highest BCUT2D eigenvalue weighted by molar-refractivity contribution is 4.97. The predicted molar refractivity (Wildman–Crippen MR) is 39.7 cm³/mol. The fourth-order valence-corrected chi connectivity index (χ4v) is 1.90. The molecule has 2 heteroatoms. The maximum atomic E-state index is 6.14. The summed E-state index contributed by atoms with van der Waals surface area (Å²) in [6, 6.07) is 0. The maximum Gasteiger partial charge on any atom is 0.0649 e. The number of ether oxygens (including phenoxy) is 1. The molecule has 0 aromatic carbocycles. The lowest BCUT2D eigenvalue weighted by molar-refractivity contribution is 0.123. The van der Waals surface area contributed by atoms with Gasteiger partial charge < -0.3 is 10.5 Å². The van der Waals surface area contributed by atoms with Crippen molar-refractivity contribution in [2.45, 2.75) is 31.2 Å². The van der Waals surface area contributed by atoms with E-state index in [1.807, 2.05) is 0 Å². The minimum atomic E-state index is 0.0677. The number of hydrogen-bond donors (Lipinski definition) is 1. The molecule has 2 nitrogen and oxygen atoms in total. The highest BCUT2D eigenvalue weighted by atomic mass is 16.5. The third kappa shape index (κ3) is 0.867. The molecule has 1 aliphatic heterocycles. The first-order valence-corrected chi connectivity index (χ1v) is 4.18. The van der Waals surface area contributed by atoms with Crippen LogP contribution in [0.25, 0.3) is 0 Å².